The molecule has 0 aliphatic rings. The molecule has 0 amide bonds. The van der Waals surface area contributed by atoms with Crippen molar-refractivity contribution in [2.75, 3.05) is 13.2 Å². The van der Waals surface area contributed by atoms with Crippen molar-refractivity contribution in [3.63, 3.8) is 0 Å². The van der Waals surface area contributed by atoms with E-state index in [-0.39, 0.29) is 12.1 Å². The second-order valence-corrected chi connectivity index (χ2v) is 8.14. The molecule has 1 unspecified atom stereocenters. The Morgan fingerprint density at radius 3 is 1.90 bits per heavy atom. The summed E-state index contributed by atoms with van der Waals surface area (Å²) in [4.78, 5) is 0. The van der Waals surface area contributed by atoms with Crippen LogP contribution in [0.15, 0.2) is 84.9 Å². The Bertz CT molecular complexity index is 864. The van der Waals surface area contributed by atoms with Crippen molar-refractivity contribution < 1.29 is 14.6 Å². The summed E-state index contributed by atoms with van der Waals surface area (Å²) in [5, 5.41) is 13.7. The van der Waals surface area contributed by atoms with Crippen LogP contribution < -0.4 is 14.8 Å². The highest BCUT2D eigenvalue weighted by Gasteiger charge is 2.19. The van der Waals surface area contributed by atoms with E-state index in [9.17, 15) is 5.11 Å². The van der Waals surface area contributed by atoms with Crippen LogP contribution in [0.4, 0.5) is 0 Å². The van der Waals surface area contributed by atoms with Gasteiger partial charge in [0.2, 0.25) is 0 Å². The minimum atomic E-state index is -0.589. The molecular formula is C26H31NO3. The third kappa shape index (κ3) is 7.54. The molecule has 3 aromatic rings. The van der Waals surface area contributed by atoms with E-state index in [1.807, 2.05) is 72.8 Å². The van der Waals surface area contributed by atoms with Crippen LogP contribution in [0.25, 0.3) is 0 Å². The second kappa shape index (κ2) is 10.8. The summed E-state index contributed by atoms with van der Waals surface area (Å²) in [5.74, 6) is 1.50. The molecule has 3 rings (SSSR count). The molecule has 0 heterocycles. The fourth-order valence-corrected chi connectivity index (χ4v) is 3.19. The predicted octanol–water partition coefficient (Wildman–Crippen LogP) is 4.62. The van der Waals surface area contributed by atoms with E-state index in [1.165, 1.54) is 5.56 Å². The summed E-state index contributed by atoms with van der Waals surface area (Å²) in [6.07, 6.45) is 0.306. The van der Waals surface area contributed by atoms with E-state index in [0.29, 0.717) is 18.9 Å². The van der Waals surface area contributed by atoms with Gasteiger partial charge in [-0.15, -0.1) is 0 Å². The summed E-state index contributed by atoms with van der Waals surface area (Å²) in [5.41, 5.74) is 2.29. The number of aliphatic hydroxyl groups is 1. The molecule has 0 saturated heterocycles. The maximum Gasteiger partial charge on any atom is 0.120 e. The Hall–Kier alpha value is -2.82. The summed E-state index contributed by atoms with van der Waals surface area (Å²) >= 11 is 0. The normalized spacial score (nSPS) is 12.4. The quantitative estimate of drug-likeness (QED) is 0.489. The molecule has 158 valence electrons. The average Bonchev–Trinajstić information content (AvgIpc) is 2.77. The van der Waals surface area contributed by atoms with E-state index in [4.69, 9.17) is 9.47 Å². The minimum Gasteiger partial charge on any atom is -0.491 e. The second-order valence-electron chi connectivity index (χ2n) is 8.14. The molecule has 30 heavy (non-hydrogen) atoms. The van der Waals surface area contributed by atoms with Gasteiger partial charge in [0.15, 0.2) is 0 Å². The van der Waals surface area contributed by atoms with Gasteiger partial charge in [-0.2, -0.15) is 0 Å². The molecule has 0 aromatic heterocycles. The molecular weight excluding hydrogens is 374 g/mol. The van der Waals surface area contributed by atoms with E-state index in [1.54, 1.807) is 0 Å². The van der Waals surface area contributed by atoms with Crippen LogP contribution in [-0.4, -0.2) is 29.9 Å². The lowest BCUT2D eigenvalue weighted by Crippen LogP contribution is -2.46. The molecule has 4 nitrogen and oxygen atoms in total. The van der Waals surface area contributed by atoms with Crippen molar-refractivity contribution in [1.82, 2.24) is 5.32 Å². The zero-order valence-corrected chi connectivity index (χ0v) is 17.8. The average molecular weight is 406 g/mol. The molecule has 0 aliphatic heterocycles. The molecule has 0 bridgehead atoms. The van der Waals surface area contributed by atoms with Gasteiger partial charge in [-0.1, -0.05) is 60.7 Å². The summed E-state index contributed by atoms with van der Waals surface area (Å²) in [6.45, 7) is 5.52. The Morgan fingerprint density at radius 2 is 1.30 bits per heavy atom. The first-order valence-corrected chi connectivity index (χ1v) is 10.4. The van der Waals surface area contributed by atoms with Gasteiger partial charge in [-0.25, -0.2) is 0 Å². The number of ether oxygens (including phenoxy) is 2. The topological polar surface area (TPSA) is 50.7 Å². The first kappa shape index (κ1) is 21.9. The van der Waals surface area contributed by atoms with Crippen molar-refractivity contribution in [2.24, 2.45) is 0 Å². The molecule has 0 radical (unpaired) electrons. The molecule has 0 saturated carbocycles. The Balaban J connectivity index is 1.38. The third-order valence-electron chi connectivity index (χ3n) is 4.82. The van der Waals surface area contributed by atoms with Gasteiger partial charge in [0, 0.05) is 12.1 Å². The fraction of sp³-hybridized carbons (Fsp3) is 0.308. The van der Waals surface area contributed by atoms with E-state index < -0.39 is 6.10 Å². The molecule has 0 fully saturated rings. The van der Waals surface area contributed by atoms with Gasteiger partial charge in [-0.3, -0.25) is 0 Å². The first-order valence-electron chi connectivity index (χ1n) is 10.4. The summed E-state index contributed by atoms with van der Waals surface area (Å²) < 4.78 is 11.5. The van der Waals surface area contributed by atoms with Gasteiger partial charge in [0.05, 0.1) is 0 Å². The van der Waals surface area contributed by atoms with Crippen molar-refractivity contribution in [3.8, 4) is 11.5 Å². The first-order chi connectivity index (χ1) is 14.5. The number of β-amino-alcohol motifs (C(OH)–C–C–N with tert-alkyl or cyclic N) is 1. The SMILES string of the molecule is CC(C)(Cc1ccccc1)NCC(O)COc1ccc(OCc2ccccc2)cc1. The Labute approximate surface area is 179 Å². The maximum atomic E-state index is 10.3. The lowest BCUT2D eigenvalue weighted by atomic mass is 9.95. The van der Waals surface area contributed by atoms with Crippen LogP contribution in [-0.2, 0) is 13.0 Å². The van der Waals surface area contributed by atoms with Crippen LogP contribution in [0.3, 0.4) is 0 Å². The monoisotopic (exact) mass is 405 g/mol. The zero-order chi connectivity index (χ0) is 21.2. The van der Waals surface area contributed by atoms with Crippen molar-refractivity contribution in [1.29, 1.82) is 0 Å². The van der Waals surface area contributed by atoms with Gasteiger partial charge < -0.3 is 19.9 Å². The molecule has 0 spiro atoms. The molecule has 3 aromatic carbocycles. The number of aliphatic hydroxyl groups excluding tert-OH is 1. The molecule has 2 N–H and O–H groups in total. The van der Waals surface area contributed by atoms with Gasteiger partial charge in [-0.05, 0) is 55.7 Å². The van der Waals surface area contributed by atoms with Crippen molar-refractivity contribution >= 4 is 0 Å². The van der Waals surface area contributed by atoms with E-state index in [0.717, 1.165) is 17.7 Å². The lowest BCUT2D eigenvalue weighted by Gasteiger charge is -2.28. The highest BCUT2D eigenvalue weighted by molar-refractivity contribution is 5.31. The largest absolute Gasteiger partial charge is 0.491 e. The summed E-state index contributed by atoms with van der Waals surface area (Å²) in [7, 11) is 0. The Kier molecular flexibility index (Phi) is 7.89. The van der Waals surface area contributed by atoms with Gasteiger partial charge >= 0.3 is 0 Å². The fourth-order valence-electron chi connectivity index (χ4n) is 3.19. The smallest absolute Gasteiger partial charge is 0.120 e. The standard InChI is InChI=1S/C26H31NO3/c1-26(2,17-21-9-5-3-6-10-21)27-18-23(28)20-30-25-15-13-24(14-16-25)29-19-22-11-7-4-8-12-22/h3-16,23,27-28H,17-20H2,1-2H3. The van der Waals surface area contributed by atoms with E-state index >= 15 is 0 Å². The number of benzene rings is 3. The molecule has 1 atom stereocenters. The van der Waals surface area contributed by atoms with Crippen LogP contribution >= 0.6 is 0 Å². The predicted molar refractivity (Wildman–Crippen MR) is 121 cm³/mol. The number of nitrogens with one attached hydrogen (secondary N) is 1. The Morgan fingerprint density at radius 1 is 0.767 bits per heavy atom. The third-order valence-corrected chi connectivity index (χ3v) is 4.82. The maximum absolute atomic E-state index is 10.3. The number of rotatable bonds is 11. The molecule has 4 heteroatoms. The van der Waals surface area contributed by atoms with Crippen molar-refractivity contribution in [2.45, 2.75) is 38.5 Å². The number of hydrogen-bond donors (Lipinski definition) is 2. The molecule has 0 aliphatic carbocycles. The van der Waals surface area contributed by atoms with Crippen LogP contribution in [0.1, 0.15) is 25.0 Å². The van der Waals surface area contributed by atoms with Gasteiger partial charge in [0.25, 0.3) is 0 Å². The lowest BCUT2D eigenvalue weighted by molar-refractivity contribution is 0.0988. The van der Waals surface area contributed by atoms with Crippen LogP contribution in [0.2, 0.25) is 0 Å². The highest BCUT2D eigenvalue weighted by Crippen LogP contribution is 2.19. The van der Waals surface area contributed by atoms with Crippen molar-refractivity contribution in [3.05, 3.63) is 96.1 Å². The van der Waals surface area contributed by atoms with Crippen LogP contribution in [0.5, 0.6) is 11.5 Å². The van der Waals surface area contributed by atoms with Crippen LogP contribution in [0, 0.1) is 0 Å². The zero-order valence-electron chi connectivity index (χ0n) is 17.8. The van der Waals surface area contributed by atoms with E-state index in [2.05, 4.69) is 31.3 Å². The highest BCUT2D eigenvalue weighted by atomic mass is 16.5. The van der Waals surface area contributed by atoms with Gasteiger partial charge in [0.1, 0.15) is 30.8 Å². The number of hydrogen-bond acceptors (Lipinski definition) is 4. The summed E-state index contributed by atoms with van der Waals surface area (Å²) in [6, 6.07) is 27.9. The minimum absolute atomic E-state index is 0.111.